The van der Waals surface area contributed by atoms with Crippen LogP contribution in [0.3, 0.4) is 0 Å². The van der Waals surface area contributed by atoms with Crippen LogP contribution < -0.4 is 0 Å². The summed E-state index contributed by atoms with van der Waals surface area (Å²) in [6, 6.07) is 2.58. The minimum atomic E-state index is -0.449. The molecule has 6 heteroatoms. The van der Waals surface area contributed by atoms with Crippen molar-refractivity contribution in [3.05, 3.63) is 37.2 Å². The van der Waals surface area contributed by atoms with E-state index < -0.39 is 10.7 Å². The standard InChI is InChI=1S/C11H12BrFINO2/c1-3-7(6(2)12)8-4-9(13)10(14)5-11(8)15(16)17/h4-7H,3H2,1-2H3. The fraction of sp³-hybridized carbons (Fsp3) is 0.455. The average Bonchev–Trinajstić information content (AvgIpc) is 2.22. The summed E-state index contributed by atoms with van der Waals surface area (Å²) in [6.45, 7) is 3.84. The molecule has 1 aromatic rings. The van der Waals surface area contributed by atoms with Gasteiger partial charge in [0.15, 0.2) is 0 Å². The van der Waals surface area contributed by atoms with Gasteiger partial charge < -0.3 is 0 Å². The summed E-state index contributed by atoms with van der Waals surface area (Å²) in [5.74, 6) is -0.472. The predicted octanol–water partition coefficient (Wildman–Crippen LogP) is 4.62. The molecule has 0 N–H and O–H groups in total. The molecular weight excluding hydrogens is 404 g/mol. The first-order chi connectivity index (χ1) is 7.88. The Bertz CT molecular complexity index is 440. The summed E-state index contributed by atoms with van der Waals surface area (Å²) in [6.07, 6.45) is 0.716. The first kappa shape index (κ1) is 14.8. The number of nitrogens with zero attached hydrogens (tertiary/aromatic N) is 1. The molecular formula is C11H12BrFINO2. The number of hydrogen-bond donors (Lipinski definition) is 0. The van der Waals surface area contributed by atoms with Crippen LogP contribution >= 0.6 is 38.5 Å². The zero-order valence-corrected chi connectivity index (χ0v) is 13.2. The van der Waals surface area contributed by atoms with Crippen LogP contribution in [0.25, 0.3) is 0 Å². The number of halogens is 3. The van der Waals surface area contributed by atoms with E-state index in [0.29, 0.717) is 12.0 Å². The van der Waals surface area contributed by atoms with Crippen LogP contribution in [-0.4, -0.2) is 9.75 Å². The molecule has 94 valence electrons. The SMILES string of the molecule is CCC(c1cc(F)c(I)cc1[N+](=O)[O-])C(C)Br. The van der Waals surface area contributed by atoms with E-state index in [-0.39, 0.29) is 20.0 Å². The maximum atomic E-state index is 13.5. The lowest BCUT2D eigenvalue weighted by Crippen LogP contribution is -2.11. The van der Waals surface area contributed by atoms with Gasteiger partial charge in [-0.25, -0.2) is 4.39 Å². The van der Waals surface area contributed by atoms with Gasteiger partial charge in [-0.1, -0.05) is 29.8 Å². The maximum Gasteiger partial charge on any atom is 0.274 e. The third kappa shape index (κ3) is 3.37. The highest BCUT2D eigenvalue weighted by molar-refractivity contribution is 14.1. The van der Waals surface area contributed by atoms with E-state index in [1.54, 1.807) is 22.6 Å². The van der Waals surface area contributed by atoms with Gasteiger partial charge in [0.25, 0.3) is 5.69 Å². The van der Waals surface area contributed by atoms with Crippen LogP contribution in [0, 0.1) is 19.5 Å². The number of benzene rings is 1. The molecule has 1 aromatic carbocycles. The summed E-state index contributed by atoms with van der Waals surface area (Å²) >= 11 is 5.18. The van der Waals surface area contributed by atoms with Crippen molar-refractivity contribution < 1.29 is 9.31 Å². The second kappa shape index (κ2) is 6.08. The van der Waals surface area contributed by atoms with Gasteiger partial charge in [0.05, 0.1) is 8.49 Å². The molecule has 3 nitrogen and oxygen atoms in total. The summed E-state index contributed by atoms with van der Waals surface area (Å²) in [5.41, 5.74) is 0.453. The van der Waals surface area contributed by atoms with Gasteiger partial charge in [0.2, 0.25) is 0 Å². The van der Waals surface area contributed by atoms with Crippen molar-refractivity contribution in [2.24, 2.45) is 0 Å². The third-order valence-corrected chi connectivity index (χ3v) is 4.12. The maximum absolute atomic E-state index is 13.5. The molecule has 0 saturated heterocycles. The van der Waals surface area contributed by atoms with Gasteiger partial charge in [-0.2, -0.15) is 0 Å². The van der Waals surface area contributed by atoms with Gasteiger partial charge >= 0.3 is 0 Å². The normalized spacial score (nSPS) is 14.4. The van der Waals surface area contributed by atoms with Crippen molar-refractivity contribution in [1.82, 2.24) is 0 Å². The molecule has 0 aliphatic rings. The molecule has 0 aliphatic heterocycles. The minimum Gasteiger partial charge on any atom is -0.258 e. The van der Waals surface area contributed by atoms with Crippen LogP contribution in [0.15, 0.2) is 12.1 Å². The highest BCUT2D eigenvalue weighted by atomic mass is 127. The van der Waals surface area contributed by atoms with Gasteiger partial charge in [-0.15, -0.1) is 0 Å². The molecule has 17 heavy (non-hydrogen) atoms. The first-order valence-electron chi connectivity index (χ1n) is 5.15. The molecule has 0 bridgehead atoms. The van der Waals surface area contributed by atoms with Gasteiger partial charge in [0.1, 0.15) is 5.82 Å². The summed E-state index contributed by atoms with van der Waals surface area (Å²) in [5, 5.41) is 11.0. The lowest BCUT2D eigenvalue weighted by molar-refractivity contribution is -0.385. The quantitative estimate of drug-likeness (QED) is 0.312. The number of rotatable bonds is 4. The first-order valence-corrected chi connectivity index (χ1v) is 7.15. The second-order valence-electron chi connectivity index (χ2n) is 3.77. The molecule has 0 fully saturated rings. The topological polar surface area (TPSA) is 43.1 Å². The summed E-state index contributed by atoms with van der Waals surface area (Å²) in [7, 11) is 0. The largest absolute Gasteiger partial charge is 0.274 e. The highest BCUT2D eigenvalue weighted by Crippen LogP contribution is 2.36. The summed E-state index contributed by atoms with van der Waals surface area (Å²) in [4.78, 5) is 10.6. The van der Waals surface area contributed by atoms with Crippen LogP contribution in [0.2, 0.25) is 0 Å². The Hall–Kier alpha value is -0.240. The van der Waals surface area contributed by atoms with Crippen molar-refractivity contribution in [2.45, 2.75) is 31.0 Å². The predicted molar refractivity (Wildman–Crippen MR) is 77.2 cm³/mol. The van der Waals surface area contributed by atoms with Crippen molar-refractivity contribution >= 4 is 44.2 Å². The van der Waals surface area contributed by atoms with Crippen molar-refractivity contribution in [1.29, 1.82) is 0 Å². The number of hydrogen-bond acceptors (Lipinski definition) is 2. The van der Waals surface area contributed by atoms with Crippen molar-refractivity contribution in [3.8, 4) is 0 Å². The lowest BCUT2D eigenvalue weighted by atomic mass is 9.92. The van der Waals surface area contributed by atoms with E-state index in [4.69, 9.17) is 0 Å². The lowest BCUT2D eigenvalue weighted by Gasteiger charge is -2.18. The Labute approximate surface area is 121 Å². The van der Waals surface area contributed by atoms with Gasteiger partial charge in [-0.05, 0) is 35.1 Å². The monoisotopic (exact) mass is 415 g/mol. The smallest absolute Gasteiger partial charge is 0.258 e. The van der Waals surface area contributed by atoms with Crippen molar-refractivity contribution in [2.75, 3.05) is 0 Å². The van der Waals surface area contributed by atoms with E-state index in [2.05, 4.69) is 15.9 Å². The zero-order valence-electron chi connectivity index (χ0n) is 9.41. The second-order valence-corrected chi connectivity index (χ2v) is 6.38. The molecule has 0 amide bonds. The number of alkyl halides is 1. The Balaban J connectivity index is 3.39. The molecule has 0 spiro atoms. The minimum absolute atomic E-state index is 0.00560. The average molecular weight is 416 g/mol. The number of nitro benzene ring substituents is 1. The van der Waals surface area contributed by atoms with Crippen LogP contribution in [0.5, 0.6) is 0 Å². The molecule has 0 aromatic heterocycles. The highest BCUT2D eigenvalue weighted by Gasteiger charge is 2.26. The molecule has 2 atom stereocenters. The Kier molecular flexibility index (Phi) is 5.30. The van der Waals surface area contributed by atoms with E-state index in [9.17, 15) is 14.5 Å². The van der Waals surface area contributed by atoms with E-state index >= 15 is 0 Å². The molecule has 0 radical (unpaired) electrons. The molecule has 1 rings (SSSR count). The Morgan fingerprint density at radius 1 is 1.59 bits per heavy atom. The van der Waals surface area contributed by atoms with Crippen LogP contribution in [-0.2, 0) is 0 Å². The fourth-order valence-corrected chi connectivity index (χ4v) is 2.91. The van der Waals surface area contributed by atoms with Crippen LogP contribution in [0.1, 0.15) is 31.7 Å². The third-order valence-electron chi connectivity index (χ3n) is 2.66. The fourth-order valence-electron chi connectivity index (χ4n) is 1.80. The van der Waals surface area contributed by atoms with Crippen LogP contribution in [0.4, 0.5) is 10.1 Å². The van der Waals surface area contributed by atoms with E-state index in [1.807, 2.05) is 13.8 Å². The number of nitro groups is 1. The van der Waals surface area contributed by atoms with Gasteiger partial charge in [-0.3, -0.25) is 10.1 Å². The zero-order chi connectivity index (χ0) is 13.2. The Morgan fingerprint density at radius 3 is 2.59 bits per heavy atom. The van der Waals surface area contributed by atoms with Gasteiger partial charge in [0, 0.05) is 22.4 Å². The van der Waals surface area contributed by atoms with E-state index in [1.165, 1.54) is 12.1 Å². The Morgan fingerprint density at radius 2 is 2.18 bits per heavy atom. The summed E-state index contributed by atoms with van der Waals surface area (Å²) < 4.78 is 13.8. The van der Waals surface area contributed by atoms with E-state index in [0.717, 1.165) is 0 Å². The molecule has 0 saturated carbocycles. The molecule has 0 aliphatic carbocycles. The molecule has 2 unspecified atom stereocenters. The molecule has 0 heterocycles. The van der Waals surface area contributed by atoms with Crippen molar-refractivity contribution in [3.63, 3.8) is 0 Å².